The van der Waals surface area contributed by atoms with Crippen LogP contribution in [0.1, 0.15) is 20.8 Å². The molecule has 1 aromatic heterocycles. The maximum Gasteiger partial charge on any atom is 0.324 e. The third-order valence-electron chi connectivity index (χ3n) is 0.777. The molecule has 0 aromatic carbocycles. The Morgan fingerprint density at radius 1 is 1.33 bits per heavy atom. The van der Waals surface area contributed by atoms with Gasteiger partial charge in [0.05, 0.1) is 0 Å². The molecule has 0 fully saturated rings. The number of hydrogen-bond donors (Lipinski definition) is 0. The molecule has 1 aromatic rings. The van der Waals surface area contributed by atoms with Crippen molar-refractivity contribution >= 4 is 5.97 Å². The normalized spacial score (nSPS) is 7.92. The van der Waals surface area contributed by atoms with Crippen LogP contribution in [0.25, 0.3) is 0 Å². The summed E-state index contributed by atoms with van der Waals surface area (Å²) >= 11 is 0. The largest absolute Gasteiger partial charge is 0.391 e. The van der Waals surface area contributed by atoms with E-state index in [2.05, 4.69) is 14.7 Å². The zero-order valence-corrected chi connectivity index (χ0v) is 7.44. The Hall–Kier alpha value is -1.45. The van der Waals surface area contributed by atoms with Crippen LogP contribution in [0.4, 0.5) is 0 Å². The molecule has 0 aliphatic heterocycles. The lowest BCUT2D eigenvalue weighted by Crippen LogP contribution is -2.03. The molecule has 0 amide bonds. The highest BCUT2D eigenvalue weighted by Crippen LogP contribution is 1.96. The quantitative estimate of drug-likeness (QED) is 0.595. The third kappa shape index (κ3) is 4.38. The summed E-state index contributed by atoms with van der Waals surface area (Å²) in [4.78, 5) is 17.6. The van der Waals surface area contributed by atoms with E-state index in [0.29, 0.717) is 0 Å². The monoisotopic (exact) mass is 168 g/mol. The fourth-order valence-corrected chi connectivity index (χ4v) is 0.467. The highest BCUT2D eigenvalue weighted by molar-refractivity contribution is 5.68. The van der Waals surface area contributed by atoms with Crippen LogP contribution in [0.2, 0.25) is 0 Å². The van der Waals surface area contributed by atoms with Gasteiger partial charge in [0.25, 0.3) is 0 Å². The molecule has 1 heterocycles. The fraction of sp³-hybridized carbons (Fsp3) is 0.375. The average Bonchev–Trinajstić information content (AvgIpc) is 2.08. The Morgan fingerprint density at radius 2 is 1.83 bits per heavy atom. The van der Waals surface area contributed by atoms with Gasteiger partial charge in [-0.3, -0.25) is 4.79 Å². The van der Waals surface area contributed by atoms with Gasteiger partial charge in [0, 0.05) is 19.3 Å². The number of esters is 1. The van der Waals surface area contributed by atoms with E-state index in [1.165, 1.54) is 19.3 Å². The lowest BCUT2D eigenvalue weighted by atomic mass is 10.7. The zero-order valence-electron chi connectivity index (χ0n) is 7.44. The van der Waals surface area contributed by atoms with Gasteiger partial charge in [-0.1, -0.05) is 13.8 Å². The van der Waals surface area contributed by atoms with Crippen molar-refractivity contribution in [3.63, 3.8) is 0 Å². The lowest BCUT2D eigenvalue weighted by molar-refractivity contribution is -0.132. The molecule has 0 spiro atoms. The van der Waals surface area contributed by atoms with Crippen molar-refractivity contribution < 1.29 is 9.53 Å². The molecular weight excluding hydrogens is 156 g/mol. The lowest BCUT2D eigenvalue weighted by Gasteiger charge is -1.94. The van der Waals surface area contributed by atoms with Crippen LogP contribution in [0.5, 0.6) is 6.01 Å². The van der Waals surface area contributed by atoms with Crippen LogP contribution in [-0.2, 0) is 4.79 Å². The molecule has 0 N–H and O–H groups in total. The van der Waals surface area contributed by atoms with E-state index in [1.54, 1.807) is 6.07 Å². The van der Waals surface area contributed by atoms with E-state index < -0.39 is 5.97 Å². The van der Waals surface area contributed by atoms with Gasteiger partial charge in [-0.2, -0.15) is 0 Å². The van der Waals surface area contributed by atoms with Crippen LogP contribution in [0.3, 0.4) is 0 Å². The van der Waals surface area contributed by atoms with E-state index in [-0.39, 0.29) is 6.01 Å². The Morgan fingerprint density at radius 3 is 2.25 bits per heavy atom. The zero-order chi connectivity index (χ0) is 9.40. The Balaban J connectivity index is 0.000000561. The van der Waals surface area contributed by atoms with Crippen LogP contribution in [-0.4, -0.2) is 15.9 Å². The van der Waals surface area contributed by atoms with Crippen LogP contribution >= 0.6 is 0 Å². The van der Waals surface area contributed by atoms with E-state index in [9.17, 15) is 4.79 Å². The minimum Gasteiger partial charge on any atom is -0.391 e. The summed E-state index contributed by atoms with van der Waals surface area (Å²) in [6.45, 7) is 5.30. The summed E-state index contributed by atoms with van der Waals surface area (Å²) in [5.74, 6) is -0.411. The number of hydrogen-bond acceptors (Lipinski definition) is 4. The Kier molecular flexibility index (Phi) is 5.51. The maximum atomic E-state index is 10.3. The van der Waals surface area contributed by atoms with Crippen molar-refractivity contribution in [2.45, 2.75) is 20.8 Å². The van der Waals surface area contributed by atoms with E-state index >= 15 is 0 Å². The first-order valence-corrected chi connectivity index (χ1v) is 3.74. The molecule has 0 bridgehead atoms. The second-order valence-electron chi connectivity index (χ2n) is 1.63. The molecule has 0 aliphatic rings. The van der Waals surface area contributed by atoms with Crippen LogP contribution in [0, 0.1) is 0 Å². The van der Waals surface area contributed by atoms with E-state index in [0.717, 1.165) is 0 Å². The van der Waals surface area contributed by atoms with Crippen molar-refractivity contribution in [2.24, 2.45) is 0 Å². The summed E-state index contributed by atoms with van der Waals surface area (Å²) in [7, 11) is 0. The summed E-state index contributed by atoms with van der Waals surface area (Å²) < 4.78 is 4.55. The van der Waals surface area contributed by atoms with Gasteiger partial charge in [0.1, 0.15) is 0 Å². The molecule has 0 aliphatic carbocycles. The predicted molar refractivity (Wildman–Crippen MR) is 44.7 cm³/mol. The summed E-state index contributed by atoms with van der Waals surface area (Å²) in [6.07, 6.45) is 3.01. The topological polar surface area (TPSA) is 52.1 Å². The SMILES string of the molecule is CC.CC(=O)Oc1ncccn1. The molecule has 1 rings (SSSR count). The van der Waals surface area contributed by atoms with Crippen LogP contribution in [0.15, 0.2) is 18.5 Å². The molecule has 4 nitrogen and oxygen atoms in total. The minimum atomic E-state index is -0.411. The van der Waals surface area contributed by atoms with Crippen molar-refractivity contribution in [1.29, 1.82) is 0 Å². The highest BCUT2D eigenvalue weighted by Gasteiger charge is 1.96. The van der Waals surface area contributed by atoms with Gasteiger partial charge >= 0.3 is 12.0 Å². The number of ether oxygens (including phenoxy) is 1. The van der Waals surface area contributed by atoms with Gasteiger partial charge in [0.15, 0.2) is 0 Å². The van der Waals surface area contributed by atoms with Crippen molar-refractivity contribution in [3.05, 3.63) is 18.5 Å². The van der Waals surface area contributed by atoms with Crippen molar-refractivity contribution in [3.8, 4) is 6.01 Å². The number of carbonyl (C=O) groups is 1. The first kappa shape index (κ1) is 10.6. The second-order valence-corrected chi connectivity index (χ2v) is 1.63. The Bertz CT molecular complexity index is 224. The molecule has 0 saturated heterocycles. The highest BCUT2D eigenvalue weighted by atomic mass is 16.5. The van der Waals surface area contributed by atoms with Gasteiger partial charge in [-0.15, -0.1) is 0 Å². The number of aromatic nitrogens is 2. The molecule has 12 heavy (non-hydrogen) atoms. The molecule has 0 atom stereocenters. The molecule has 0 radical (unpaired) electrons. The van der Waals surface area contributed by atoms with E-state index in [4.69, 9.17) is 0 Å². The maximum absolute atomic E-state index is 10.3. The smallest absolute Gasteiger partial charge is 0.324 e. The first-order valence-electron chi connectivity index (χ1n) is 3.74. The first-order chi connectivity index (χ1) is 5.79. The molecule has 4 heteroatoms. The van der Waals surface area contributed by atoms with Gasteiger partial charge in [-0.05, 0) is 6.07 Å². The second kappa shape index (κ2) is 6.27. The Labute approximate surface area is 71.6 Å². The summed E-state index contributed by atoms with van der Waals surface area (Å²) in [5, 5.41) is 0. The standard InChI is InChI=1S/C6H6N2O2.C2H6/c1-5(9)10-6-7-3-2-4-8-6;1-2/h2-4H,1H3;1-2H3. The van der Waals surface area contributed by atoms with Crippen LogP contribution < -0.4 is 4.74 Å². The molecule has 0 saturated carbocycles. The van der Waals surface area contributed by atoms with Gasteiger partial charge in [-0.25, -0.2) is 9.97 Å². The third-order valence-corrected chi connectivity index (χ3v) is 0.777. The summed E-state index contributed by atoms with van der Waals surface area (Å²) in [5.41, 5.74) is 0. The van der Waals surface area contributed by atoms with Gasteiger partial charge < -0.3 is 4.74 Å². The fourth-order valence-electron chi connectivity index (χ4n) is 0.467. The molecule has 0 unspecified atom stereocenters. The van der Waals surface area contributed by atoms with Crippen molar-refractivity contribution in [2.75, 3.05) is 0 Å². The van der Waals surface area contributed by atoms with Crippen molar-refractivity contribution in [1.82, 2.24) is 9.97 Å². The minimum absolute atomic E-state index is 0.0926. The average molecular weight is 168 g/mol. The number of rotatable bonds is 1. The summed E-state index contributed by atoms with van der Waals surface area (Å²) in [6, 6.07) is 1.74. The molecular formula is C8H12N2O2. The number of carbonyl (C=O) groups excluding carboxylic acids is 1. The number of nitrogens with zero attached hydrogens (tertiary/aromatic N) is 2. The predicted octanol–water partition coefficient (Wildman–Crippen LogP) is 1.43. The van der Waals surface area contributed by atoms with E-state index in [1.807, 2.05) is 13.8 Å². The molecule has 66 valence electrons. The van der Waals surface area contributed by atoms with Gasteiger partial charge in [0.2, 0.25) is 0 Å².